The third kappa shape index (κ3) is 3.64. The Morgan fingerprint density at radius 2 is 1.04 bits per heavy atom. The fraction of sp³-hybridized carbons (Fsp3) is 0. The summed E-state index contributed by atoms with van der Waals surface area (Å²) in [6.45, 7) is 0. The molecule has 1 nitrogen and oxygen atoms in total. The smallest absolute Gasteiger partial charge is 0.0716 e. The standard InChI is InChI=1S/C23H16IN/c24-21-13-7-12-19(14-21)23-16-20(17-8-3-1-4-9-17)15-22(25-23)18-10-5-2-6-11-18/h1-16H. The van der Waals surface area contributed by atoms with Crippen molar-refractivity contribution in [1.82, 2.24) is 4.98 Å². The molecule has 0 saturated heterocycles. The molecule has 0 fully saturated rings. The van der Waals surface area contributed by atoms with E-state index in [9.17, 15) is 0 Å². The second-order valence-corrected chi connectivity index (χ2v) is 7.11. The van der Waals surface area contributed by atoms with E-state index in [2.05, 4.69) is 108 Å². The van der Waals surface area contributed by atoms with E-state index in [0.717, 1.165) is 22.5 Å². The maximum atomic E-state index is 4.94. The van der Waals surface area contributed by atoms with Crippen LogP contribution >= 0.6 is 22.6 Å². The van der Waals surface area contributed by atoms with Gasteiger partial charge in [-0.3, -0.25) is 0 Å². The van der Waals surface area contributed by atoms with Crippen molar-refractivity contribution in [3.63, 3.8) is 0 Å². The van der Waals surface area contributed by atoms with Gasteiger partial charge in [-0.1, -0.05) is 72.8 Å². The molecule has 0 spiro atoms. The lowest BCUT2D eigenvalue weighted by atomic mass is 10.00. The molecule has 2 heteroatoms. The summed E-state index contributed by atoms with van der Waals surface area (Å²) in [5, 5.41) is 0. The molecule has 4 aromatic rings. The number of rotatable bonds is 3. The Labute approximate surface area is 161 Å². The SMILES string of the molecule is Ic1cccc(-c2cc(-c3ccccc3)cc(-c3ccccc3)n2)c1. The average molecular weight is 433 g/mol. The molecular formula is C23H16IN. The first-order valence-corrected chi connectivity index (χ1v) is 9.26. The number of nitrogens with zero attached hydrogens (tertiary/aromatic N) is 1. The Hall–Kier alpha value is -2.46. The lowest BCUT2D eigenvalue weighted by Gasteiger charge is -2.10. The fourth-order valence-corrected chi connectivity index (χ4v) is 3.42. The third-order valence-electron chi connectivity index (χ3n) is 4.12. The monoisotopic (exact) mass is 433 g/mol. The zero-order valence-electron chi connectivity index (χ0n) is 13.6. The highest BCUT2D eigenvalue weighted by molar-refractivity contribution is 14.1. The van der Waals surface area contributed by atoms with E-state index in [-0.39, 0.29) is 0 Å². The van der Waals surface area contributed by atoms with Crippen LogP contribution in [0.4, 0.5) is 0 Å². The predicted octanol–water partition coefficient (Wildman–Crippen LogP) is 6.69. The summed E-state index contributed by atoms with van der Waals surface area (Å²) in [6, 6.07) is 33.6. The van der Waals surface area contributed by atoms with Gasteiger partial charge >= 0.3 is 0 Å². The van der Waals surface area contributed by atoms with Crippen molar-refractivity contribution >= 4 is 22.6 Å². The van der Waals surface area contributed by atoms with Gasteiger partial charge in [0.05, 0.1) is 11.4 Å². The molecule has 0 saturated carbocycles. The number of pyridine rings is 1. The molecule has 1 heterocycles. The molecule has 0 aliphatic carbocycles. The van der Waals surface area contributed by atoms with E-state index in [1.54, 1.807) is 0 Å². The Balaban J connectivity index is 1.92. The average Bonchev–Trinajstić information content (AvgIpc) is 2.69. The fourth-order valence-electron chi connectivity index (χ4n) is 2.88. The van der Waals surface area contributed by atoms with Crippen molar-refractivity contribution in [3.05, 3.63) is 101 Å². The lowest BCUT2D eigenvalue weighted by Crippen LogP contribution is -1.91. The minimum atomic E-state index is 0.996. The van der Waals surface area contributed by atoms with Crippen molar-refractivity contribution in [2.24, 2.45) is 0 Å². The van der Waals surface area contributed by atoms with Gasteiger partial charge in [0.2, 0.25) is 0 Å². The molecule has 1 aromatic heterocycles. The topological polar surface area (TPSA) is 12.9 Å². The summed E-state index contributed by atoms with van der Waals surface area (Å²) in [7, 11) is 0. The van der Waals surface area contributed by atoms with Crippen LogP contribution in [-0.2, 0) is 0 Å². The predicted molar refractivity (Wildman–Crippen MR) is 113 cm³/mol. The molecule has 0 bridgehead atoms. The number of aromatic nitrogens is 1. The Bertz CT molecular complexity index is 937. The summed E-state index contributed by atoms with van der Waals surface area (Å²) >= 11 is 2.34. The molecule has 0 atom stereocenters. The molecular weight excluding hydrogens is 417 g/mol. The van der Waals surface area contributed by atoms with Crippen molar-refractivity contribution in [2.45, 2.75) is 0 Å². The van der Waals surface area contributed by atoms with Crippen LogP contribution in [0.1, 0.15) is 0 Å². The molecule has 4 rings (SSSR count). The summed E-state index contributed by atoms with van der Waals surface area (Å²) in [5.41, 5.74) is 6.65. The first kappa shape index (κ1) is 16.0. The number of hydrogen-bond donors (Lipinski definition) is 0. The largest absolute Gasteiger partial charge is 0.248 e. The third-order valence-corrected chi connectivity index (χ3v) is 4.79. The van der Waals surface area contributed by atoms with Gasteiger partial charge in [-0.05, 0) is 58.0 Å². The zero-order valence-corrected chi connectivity index (χ0v) is 15.7. The van der Waals surface area contributed by atoms with E-state index in [4.69, 9.17) is 4.98 Å². The van der Waals surface area contributed by atoms with Gasteiger partial charge in [-0.2, -0.15) is 0 Å². The summed E-state index contributed by atoms with van der Waals surface area (Å²) in [6.07, 6.45) is 0. The first-order valence-electron chi connectivity index (χ1n) is 8.18. The second-order valence-electron chi connectivity index (χ2n) is 5.87. The van der Waals surface area contributed by atoms with Crippen LogP contribution in [-0.4, -0.2) is 4.98 Å². The minimum absolute atomic E-state index is 0.996. The number of hydrogen-bond acceptors (Lipinski definition) is 1. The summed E-state index contributed by atoms with van der Waals surface area (Å²) < 4.78 is 1.21. The molecule has 25 heavy (non-hydrogen) atoms. The van der Waals surface area contributed by atoms with Crippen LogP contribution in [0.15, 0.2) is 97.1 Å². The van der Waals surface area contributed by atoms with Gasteiger partial charge in [0.15, 0.2) is 0 Å². The van der Waals surface area contributed by atoms with Gasteiger partial charge in [0.25, 0.3) is 0 Å². The van der Waals surface area contributed by atoms with Crippen LogP contribution in [0, 0.1) is 3.57 Å². The summed E-state index contributed by atoms with van der Waals surface area (Å²) in [4.78, 5) is 4.94. The van der Waals surface area contributed by atoms with Crippen LogP contribution in [0.25, 0.3) is 33.6 Å². The van der Waals surface area contributed by atoms with Crippen molar-refractivity contribution < 1.29 is 0 Å². The maximum Gasteiger partial charge on any atom is 0.0716 e. The highest BCUT2D eigenvalue weighted by atomic mass is 127. The van der Waals surface area contributed by atoms with Crippen LogP contribution in [0.5, 0.6) is 0 Å². The molecule has 0 aliphatic rings. The molecule has 0 aliphatic heterocycles. The highest BCUT2D eigenvalue weighted by Crippen LogP contribution is 2.30. The van der Waals surface area contributed by atoms with Crippen molar-refractivity contribution in [3.8, 4) is 33.6 Å². The molecule has 0 amide bonds. The normalized spacial score (nSPS) is 10.6. The van der Waals surface area contributed by atoms with E-state index in [1.807, 2.05) is 12.1 Å². The summed E-state index contributed by atoms with van der Waals surface area (Å²) in [5.74, 6) is 0. The van der Waals surface area contributed by atoms with Crippen molar-refractivity contribution in [2.75, 3.05) is 0 Å². The molecule has 3 aromatic carbocycles. The Kier molecular flexibility index (Phi) is 4.61. The zero-order chi connectivity index (χ0) is 17.1. The Morgan fingerprint density at radius 1 is 0.480 bits per heavy atom. The molecule has 0 radical (unpaired) electrons. The van der Waals surface area contributed by atoms with Crippen LogP contribution < -0.4 is 0 Å². The second kappa shape index (κ2) is 7.19. The maximum absolute atomic E-state index is 4.94. The van der Waals surface area contributed by atoms with E-state index in [1.165, 1.54) is 14.7 Å². The molecule has 0 N–H and O–H groups in total. The number of halogens is 1. The van der Waals surface area contributed by atoms with E-state index < -0.39 is 0 Å². The van der Waals surface area contributed by atoms with E-state index in [0.29, 0.717) is 0 Å². The molecule has 0 unspecified atom stereocenters. The number of benzene rings is 3. The van der Waals surface area contributed by atoms with Crippen LogP contribution in [0.3, 0.4) is 0 Å². The van der Waals surface area contributed by atoms with Crippen molar-refractivity contribution in [1.29, 1.82) is 0 Å². The Morgan fingerprint density at radius 3 is 1.68 bits per heavy atom. The van der Waals surface area contributed by atoms with Gasteiger partial charge < -0.3 is 0 Å². The van der Waals surface area contributed by atoms with Gasteiger partial charge in [0.1, 0.15) is 0 Å². The minimum Gasteiger partial charge on any atom is -0.248 e. The highest BCUT2D eigenvalue weighted by Gasteiger charge is 2.08. The van der Waals surface area contributed by atoms with E-state index >= 15 is 0 Å². The quantitative estimate of drug-likeness (QED) is 0.328. The van der Waals surface area contributed by atoms with Gasteiger partial charge in [-0.25, -0.2) is 4.98 Å². The van der Waals surface area contributed by atoms with Gasteiger partial charge in [-0.15, -0.1) is 0 Å². The lowest BCUT2D eigenvalue weighted by molar-refractivity contribution is 1.32. The molecule has 120 valence electrons. The van der Waals surface area contributed by atoms with Gasteiger partial charge in [0, 0.05) is 14.7 Å². The van der Waals surface area contributed by atoms with Crippen LogP contribution in [0.2, 0.25) is 0 Å². The first-order chi connectivity index (χ1) is 12.3.